The quantitative estimate of drug-likeness (QED) is 0.833. The summed E-state index contributed by atoms with van der Waals surface area (Å²) in [6.07, 6.45) is 5.77. The van der Waals surface area contributed by atoms with Gasteiger partial charge in [0.25, 0.3) is 0 Å². The summed E-state index contributed by atoms with van der Waals surface area (Å²) in [5, 5.41) is 0.552. The first-order valence-electron chi connectivity index (χ1n) is 5.93. The van der Waals surface area contributed by atoms with Gasteiger partial charge in [0.1, 0.15) is 0 Å². The van der Waals surface area contributed by atoms with E-state index < -0.39 is 0 Å². The number of hydrogen-bond acceptors (Lipinski definition) is 4. The molecule has 3 nitrogen and oxygen atoms in total. The molecule has 2 saturated carbocycles. The Kier molecular flexibility index (Phi) is 2.80. The zero-order valence-electron chi connectivity index (χ0n) is 9.40. The second-order valence-corrected chi connectivity index (χ2v) is 6.08. The molecule has 5 heteroatoms. The third-order valence-corrected chi connectivity index (χ3v) is 5.06. The summed E-state index contributed by atoms with van der Waals surface area (Å²) in [5.41, 5.74) is 0. The summed E-state index contributed by atoms with van der Waals surface area (Å²) in [5.74, 6) is 3.67. The van der Waals surface area contributed by atoms with Gasteiger partial charge in [-0.1, -0.05) is 18.0 Å². The standard InChI is InChI=1S/C11H16ClN3S/c1-15(11-10(12)13-16-14-11)6-9-5-7-2-3-8(9)4-7/h7-9H,2-6H2,1H3. The molecular weight excluding hydrogens is 242 g/mol. The predicted molar refractivity (Wildman–Crippen MR) is 67.1 cm³/mol. The van der Waals surface area contributed by atoms with Gasteiger partial charge in [0.15, 0.2) is 11.0 Å². The van der Waals surface area contributed by atoms with E-state index in [2.05, 4.69) is 20.7 Å². The molecule has 3 unspecified atom stereocenters. The lowest BCUT2D eigenvalue weighted by atomic mass is 9.88. The van der Waals surface area contributed by atoms with E-state index in [0.717, 1.165) is 30.1 Å². The van der Waals surface area contributed by atoms with E-state index in [-0.39, 0.29) is 0 Å². The molecule has 1 heterocycles. The zero-order valence-corrected chi connectivity index (χ0v) is 11.0. The van der Waals surface area contributed by atoms with Crippen molar-refractivity contribution in [1.29, 1.82) is 0 Å². The molecule has 16 heavy (non-hydrogen) atoms. The molecule has 0 spiro atoms. The molecule has 1 aromatic rings. The van der Waals surface area contributed by atoms with Crippen molar-refractivity contribution in [2.24, 2.45) is 17.8 Å². The van der Waals surface area contributed by atoms with Crippen LogP contribution in [0.2, 0.25) is 5.15 Å². The minimum Gasteiger partial charge on any atom is -0.356 e. The van der Waals surface area contributed by atoms with E-state index in [1.807, 2.05) is 0 Å². The van der Waals surface area contributed by atoms with Crippen LogP contribution in [0.3, 0.4) is 0 Å². The summed E-state index contributed by atoms with van der Waals surface area (Å²) in [4.78, 5) is 2.18. The third-order valence-electron chi connectivity index (χ3n) is 4.19. The van der Waals surface area contributed by atoms with Crippen molar-refractivity contribution in [3.63, 3.8) is 0 Å². The minimum absolute atomic E-state index is 0.552. The Morgan fingerprint density at radius 2 is 2.25 bits per heavy atom. The van der Waals surface area contributed by atoms with Crippen LogP contribution in [0.1, 0.15) is 25.7 Å². The Hall–Kier alpha value is -0.350. The van der Waals surface area contributed by atoms with Crippen LogP contribution in [0, 0.1) is 17.8 Å². The highest BCUT2D eigenvalue weighted by Gasteiger charge is 2.39. The molecule has 2 aliphatic rings. The van der Waals surface area contributed by atoms with Gasteiger partial charge in [-0.3, -0.25) is 0 Å². The zero-order chi connectivity index (χ0) is 11.1. The summed E-state index contributed by atoms with van der Waals surface area (Å²) in [6, 6.07) is 0. The van der Waals surface area contributed by atoms with Crippen LogP contribution in [0.25, 0.3) is 0 Å². The van der Waals surface area contributed by atoms with E-state index in [9.17, 15) is 0 Å². The monoisotopic (exact) mass is 257 g/mol. The number of anilines is 1. The molecular formula is C11H16ClN3S. The average molecular weight is 258 g/mol. The minimum atomic E-state index is 0.552. The molecule has 3 rings (SSSR count). The van der Waals surface area contributed by atoms with Crippen LogP contribution in [-0.2, 0) is 0 Å². The largest absolute Gasteiger partial charge is 0.356 e. The maximum atomic E-state index is 5.99. The van der Waals surface area contributed by atoms with Gasteiger partial charge in [0, 0.05) is 13.6 Å². The number of halogens is 1. The van der Waals surface area contributed by atoms with Gasteiger partial charge in [-0.15, -0.1) is 0 Å². The van der Waals surface area contributed by atoms with E-state index in [0.29, 0.717) is 5.15 Å². The second-order valence-electron chi connectivity index (χ2n) is 5.19. The van der Waals surface area contributed by atoms with Gasteiger partial charge >= 0.3 is 0 Å². The Labute approximate surface area is 105 Å². The number of fused-ring (bicyclic) bond motifs is 2. The van der Waals surface area contributed by atoms with Gasteiger partial charge in [-0.25, -0.2) is 0 Å². The molecule has 2 fully saturated rings. The van der Waals surface area contributed by atoms with Crippen LogP contribution >= 0.6 is 23.3 Å². The van der Waals surface area contributed by atoms with Crippen LogP contribution in [0.4, 0.5) is 5.82 Å². The number of hydrogen-bond donors (Lipinski definition) is 0. The van der Waals surface area contributed by atoms with Gasteiger partial charge in [0.2, 0.25) is 0 Å². The lowest BCUT2D eigenvalue weighted by molar-refractivity contribution is 0.337. The molecule has 1 aromatic heterocycles. The van der Waals surface area contributed by atoms with Crippen molar-refractivity contribution in [2.75, 3.05) is 18.5 Å². The first kappa shape index (κ1) is 10.8. The van der Waals surface area contributed by atoms with Crippen molar-refractivity contribution in [3.05, 3.63) is 5.15 Å². The highest BCUT2D eigenvalue weighted by molar-refractivity contribution is 6.99. The molecule has 3 atom stereocenters. The SMILES string of the molecule is CN(CC1CC2CCC1C2)c1nsnc1Cl. The number of nitrogens with zero attached hydrogens (tertiary/aromatic N) is 3. The van der Waals surface area contributed by atoms with Crippen LogP contribution in [-0.4, -0.2) is 22.3 Å². The normalized spacial score (nSPS) is 32.2. The van der Waals surface area contributed by atoms with E-state index >= 15 is 0 Å². The van der Waals surface area contributed by atoms with Crippen molar-refractivity contribution < 1.29 is 0 Å². The average Bonchev–Trinajstić information content (AvgIpc) is 2.92. The van der Waals surface area contributed by atoms with Gasteiger partial charge in [-0.2, -0.15) is 8.75 Å². The van der Waals surface area contributed by atoms with Crippen molar-refractivity contribution >= 4 is 29.1 Å². The van der Waals surface area contributed by atoms with Crippen LogP contribution in [0.5, 0.6) is 0 Å². The molecule has 0 aliphatic heterocycles. The second kappa shape index (κ2) is 4.15. The van der Waals surface area contributed by atoms with Crippen molar-refractivity contribution in [2.45, 2.75) is 25.7 Å². The molecule has 2 bridgehead atoms. The first-order chi connectivity index (χ1) is 7.74. The fraction of sp³-hybridized carbons (Fsp3) is 0.818. The Morgan fingerprint density at radius 1 is 1.38 bits per heavy atom. The summed E-state index contributed by atoms with van der Waals surface area (Å²) in [6.45, 7) is 1.09. The van der Waals surface area contributed by atoms with Gasteiger partial charge in [0.05, 0.1) is 11.7 Å². The van der Waals surface area contributed by atoms with E-state index in [4.69, 9.17) is 11.6 Å². The van der Waals surface area contributed by atoms with Gasteiger partial charge in [-0.05, 0) is 37.0 Å². The van der Waals surface area contributed by atoms with Crippen molar-refractivity contribution in [3.8, 4) is 0 Å². The molecule has 0 radical (unpaired) electrons. The lowest BCUT2D eigenvalue weighted by Gasteiger charge is -2.27. The summed E-state index contributed by atoms with van der Waals surface area (Å²) >= 11 is 7.19. The lowest BCUT2D eigenvalue weighted by Crippen LogP contribution is -2.28. The molecule has 0 aromatic carbocycles. The highest BCUT2D eigenvalue weighted by Crippen LogP contribution is 2.48. The Balaban J connectivity index is 1.65. The number of aromatic nitrogens is 2. The maximum absolute atomic E-state index is 5.99. The fourth-order valence-electron chi connectivity index (χ4n) is 3.44. The van der Waals surface area contributed by atoms with Crippen LogP contribution in [0.15, 0.2) is 0 Å². The Morgan fingerprint density at radius 3 is 2.81 bits per heavy atom. The molecule has 0 amide bonds. The van der Waals surface area contributed by atoms with Gasteiger partial charge < -0.3 is 4.90 Å². The predicted octanol–water partition coefficient (Wildman–Crippen LogP) is 3.06. The molecule has 88 valence electrons. The maximum Gasteiger partial charge on any atom is 0.187 e. The van der Waals surface area contributed by atoms with E-state index in [1.54, 1.807) is 0 Å². The fourth-order valence-corrected chi connectivity index (χ4v) is 4.27. The molecule has 0 saturated heterocycles. The third kappa shape index (κ3) is 1.82. The Bertz CT molecular complexity index is 381. The first-order valence-corrected chi connectivity index (χ1v) is 7.04. The summed E-state index contributed by atoms with van der Waals surface area (Å²) in [7, 11) is 2.08. The summed E-state index contributed by atoms with van der Waals surface area (Å²) < 4.78 is 8.26. The number of rotatable bonds is 3. The smallest absolute Gasteiger partial charge is 0.187 e. The topological polar surface area (TPSA) is 29.0 Å². The molecule has 2 aliphatic carbocycles. The molecule has 0 N–H and O–H groups in total. The van der Waals surface area contributed by atoms with E-state index in [1.165, 1.54) is 37.4 Å². The van der Waals surface area contributed by atoms with Crippen molar-refractivity contribution in [1.82, 2.24) is 8.75 Å². The highest BCUT2D eigenvalue weighted by atomic mass is 35.5. The van der Waals surface area contributed by atoms with Crippen LogP contribution < -0.4 is 4.90 Å².